The minimum absolute atomic E-state index is 0.0343. The van der Waals surface area contributed by atoms with Gasteiger partial charge in [-0.15, -0.1) is 0 Å². The quantitative estimate of drug-likeness (QED) is 0.175. The fraction of sp³-hybridized carbons (Fsp3) is 0.0526. The van der Waals surface area contributed by atoms with Crippen LogP contribution in [0.15, 0.2) is 30.3 Å². The van der Waals surface area contributed by atoms with Gasteiger partial charge in [-0.3, -0.25) is 0 Å². The Morgan fingerprint density at radius 3 is 1.32 bits per heavy atom. The van der Waals surface area contributed by atoms with Crippen LogP contribution in [-0.2, 0) is 0 Å². The summed E-state index contributed by atoms with van der Waals surface area (Å²) in [7, 11) is 0. The van der Waals surface area contributed by atoms with Gasteiger partial charge in [0.15, 0.2) is 0 Å². The third-order valence-corrected chi connectivity index (χ3v) is 15.3. The van der Waals surface area contributed by atoms with E-state index in [-0.39, 0.29) is 5.92 Å². The van der Waals surface area contributed by atoms with Crippen LogP contribution in [0, 0.1) is 0 Å². The molecule has 136 valence electrons. The van der Waals surface area contributed by atoms with Crippen LogP contribution in [0.2, 0.25) is 0 Å². The SMILES string of the molecule is [Se]c1c([Se])c([Se])c2c(c1[Se])Oc1c([Se])c([Se])c([Se])c([Se])c1C2c1ccccc1. The van der Waals surface area contributed by atoms with Gasteiger partial charge >= 0.3 is 233 Å². The Morgan fingerprint density at radius 2 is 0.893 bits per heavy atom. The molecular formula is C19H6OSe8. The monoisotopic (exact) mass is 889 g/mol. The molecule has 1 aliphatic rings. The molecule has 0 saturated carbocycles. The third kappa shape index (κ3) is 3.61. The first-order chi connectivity index (χ1) is 13.3. The molecule has 28 heavy (non-hydrogen) atoms. The Bertz CT molecular complexity index is 1060. The van der Waals surface area contributed by atoms with Gasteiger partial charge in [0.2, 0.25) is 0 Å². The first-order valence-corrected chi connectivity index (χ1v) is 14.7. The number of hydrogen-bond acceptors (Lipinski definition) is 1. The van der Waals surface area contributed by atoms with Crippen LogP contribution < -0.4 is 40.4 Å². The van der Waals surface area contributed by atoms with Gasteiger partial charge in [-0.25, -0.2) is 0 Å². The van der Waals surface area contributed by atoms with E-state index < -0.39 is 0 Å². The van der Waals surface area contributed by atoms with Gasteiger partial charge in [-0.1, -0.05) is 0 Å². The van der Waals surface area contributed by atoms with Gasteiger partial charge in [-0.05, 0) is 0 Å². The van der Waals surface area contributed by atoms with Crippen molar-refractivity contribution in [3.8, 4) is 11.5 Å². The van der Waals surface area contributed by atoms with E-state index >= 15 is 0 Å². The Labute approximate surface area is 229 Å². The molecule has 3 aromatic rings. The predicted molar refractivity (Wildman–Crippen MR) is 123 cm³/mol. The first-order valence-electron chi connectivity index (χ1n) is 7.82. The second-order valence-electron chi connectivity index (χ2n) is 6.06. The maximum absolute atomic E-state index is 6.55. The van der Waals surface area contributed by atoms with Crippen molar-refractivity contribution in [2.75, 3.05) is 0 Å². The predicted octanol–water partition coefficient (Wildman–Crippen LogP) is -4.68. The van der Waals surface area contributed by atoms with E-state index in [1.807, 2.05) is 6.07 Å². The molecule has 0 spiro atoms. The van der Waals surface area contributed by atoms with E-state index in [2.05, 4.69) is 152 Å². The summed E-state index contributed by atoms with van der Waals surface area (Å²) in [6, 6.07) is 10.6. The van der Waals surface area contributed by atoms with Crippen molar-refractivity contribution in [3.05, 3.63) is 47.0 Å². The van der Waals surface area contributed by atoms with Gasteiger partial charge in [0.25, 0.3) is 0 Å². The summed E-state index contributed by atoms with van der Waals surface area (Å²) >= 11 is 25.7. The van der Waals surface area contributed by atoms with Crippen LogP contribution in [0.1, 0.15) is 22.6 Å². The van der Waals surface area contributed by atoms with Gasteiger partial charge in [0, 0.05) is 0 Å². The van der Waals surface area contributed by atoms with E-state index in [4.69, 9.17) is 4.74 Å². The average molecular weight is 882 g/mol. The second-order valence-corrected chi connectivity index (χ2v) is 12.9. The molecule has 1 aliphatic heterocycles. The van der Waals surface area contributed by atoms with Crippen molar-refractivity contribution in [2.45, 2.75) is 5.92 Å². The van der Waals surface area contributed by atoms with E-state index in [9.17, 15) is 0 Å². The maximum atomic E-state index is 6.55. The topological polar surface area (TPSA) is 9.23 Å². The van der Waals surface area contributed by atoms with Crippen molar-refractivity contribution < 1.29 is 4.74 Å². The molecule has 8 radical (unpaired) electrons. The van der Waals surface area contributed by atoms with Crippen molar-refractivity contribution >= 4 is 164 Å². The fourth-order valence-electron chi connectivity index (χ4n) is 3.27. The molecule has 4 rings (SSSR count). The number of ether oxygens (including phenoxy) is 1. The van der Waals surface area contributed by atoms with E-state index in [0.29, 0.717) is 0 Å². The second kappa shape index (κ2) is 8.87. The summed E-state index contributed by atoms with van der Waals surface area (Å²) in [5, 5.41) is 0. The first kappa shape index (κ1) is 22.8. The van der Waals surface area contributed by atoms with Crippen LogP contribution in [0.3, 0.4) is 0 Å². The van der Waals surface area contributed by atoms with Gasteiger partial charge in [0.05, 0.1) is 0 Å². The van der Waals surface area contributed by atoms with Gasteiger partial charge < -0.3 is 0 Å². The Hall–Kier alpha value is 1.62. The Kier molecular flexibility index (Phi) is 7.22. The Balaban J connectivity index is 2.18. The molecule has 0 aromatic heterocycles. The molecule has 3 aromatic carbocycles. The molecule has 0 saturated heterocycles. The number of benzene rings is 3. The zero-order chi connectivity index (χ0) is 20.3. The molecule has 0 aliphatic carbocycles. The summed E-state index contributed by atoms with van der Waals surface area (Å²) in [4.78, 5) is 0. The van der Waals surface area contributed by atoms with Gasteiger partial charge in [-0.2, -0.15) is 0 Å². The Morgan fingerprint density at radius 1 is 0.500 bits per heavy atom. The summed E-state index contributed by atoms with van der Waals surface area (Å²) in [6.45, 7) is 0. The number of rotatable bonds is 1. The van der Waals surface area contributed by atoms with Crippen LogP contribution in [0.5, 0.6) is 11.5 Å². The number of hydrogen-bond donors (Lipinski definition) is 0. The molecule has 0 bridgehead atoms. The summed E-state index contributed by atoms with van der Waals surface area (Å²) in [5.41, 5.74) is 3.51. The zero-order valence-corrected chi connectivity index (χ0v) is 27.3. The van der Waals surface area contributed by atoms with Crippen LogP contribution >= 0.6 is 0 Å². The van der Waals surface area contributed by atoms with E-state index in [0.717, 1.165) is 58.3 Å². The van der Waals surface area contributed by atoms with E-state index in [1.165, 1.54) is 5.56 Å². The van der Waals surface area contributed by atoms with Crippen LogP contribution in [-0.4, -0.2) is 128 Å². The summed E-state index contributed by atoms with van der Waals surface area (Å²) < 4.78 is 14.9. The molecule has 0 unspecified atom stereocenters. The summed E-state index contributed by atoms with van der Waals surface area (Å²) in [6.07, 6.45) is 0. The molecule has 1 heterocycles. The molecule has 0 N–H and O–H groups in total. The summed E-state index contributed by atoms with van der Waals surface area (Å²) in [5.74, 6) is 1.77. The molecule has 0 atom stereocenters. The molecule has 0 fully saturated rings. The van der Waals surface area contributed by atoms with Crippen LogP contribution in [0.4, 0.5) is 0 Å². The minimum atomic E-state index is 0.0343. The van der Waals surface area contributed by atoms with Crippen molar-refractivity contribution in [1.82, 2.24) is 0 Å². The molecule has 9 heteroatoms. The molecule has 1 nitrogen and oxygen atoms in total. The van der Waals surface area contributed by atoms with Crippen molar-refractivity contribution in [2.24, 2.45) is 0 Å². The zero-order valence-electron chi connectivity index (χ0n) is 13.6. The molecule has 0 amide bonds. The van der Waals surface area contributed by atoms with Crippen LogP contribution in [0.25, 0.3) is 0 Å². The third-order valence-electron chi connectivity index (χ3n) is 4.54. The van der Waals surface area contributed by atoms with E-state index in [1.54, 1.807) is 0 Å². The fourth-order valence-corrected chi connectivity index (χ4v) is 8.66. The molecular weight excluding hydrogens is 876 g/mol. The average Bonchev–Trinajstić information content (AvgIpc) is 2.72. The van der Waals surface area contributed by atoms with Crippen molar-refractivity contribution in [1.29, 1.82) is 0 Å². The standard InChI is InChI=1S/C19H6OSe8/c21-12-8-7(6-4-2-1-3-5-6)9-11(15(24)19(28)17(26)13(9)22)20-10(8)14(23)18(27)16(12)25/h1-5,7H. The number of fused-ring (bicyclic) bond motifs is 2. The van der Waals surface area contributed by atoms with Crippen molar-refractivity contribution in [3.63, 3.8) is 0 Å². The normalized spacial score (nSPS) is 12.9. The van der Waals surface area contributed by atoms with Gasteiger partial charge in [0.1, 0.15) is 0 Å².